The molecule has 1 heterocycles. The standard InChI is InChI=1S/C15H23NO2/c1-10-9-11(2)16(12-7-5-6-8-12)14(17)13(10)15(3,4)18/h9,12,18H,5-8H2,1-4H3. The highest BCUT2D eigenvalue weighted by atomic mass is 16.3. The van der Waals surface area contributed by atoms with E-state index in [0.717, 1.165) is 24.1 Å². The van der Waals surface area contributed by atoms with Crippen LogP contribution in [-0.2, 0) is 5.60 Å². The largest absolute Gasteiger partial charge is 0.386 e. The van der Waals surface area contributed by atoms with Crippen molar-refractivity contribution >= 4 is 0 Å². The van der Waals surface area contributed by atoms with Crippen LogP contribution in [0.5, 0.6) is 0 Å². The molecule has 2 rings (SSSR count). The van der Waals surface area contributed by atoms with Gasteiger partial charge in [0.25, 0.3) is 5.56 Å². The Hall–Kier alpha value is -1.09. The minimum Gasteiger partial charge on any atom is -0.386 e. The lowest BCUT2D eigenvalue weighted by Crippen LogP contribution is -2.35. The number of aryl methyl sites for hydroxylation is 2. The van der Waals surface area contributed by atoms with Crippen molar-refractivity contribution in [3.05, 3.63) is 33.2 Å². The smallest absolute Gasteiger partial charge is 0.257 e. The summed E-state index contributed by atoms with van der Waals surface area (Å²) in [7, 11) is 0. The summed E-state index contributed by atoms with van der Waals surface area (Å²) >= 11 is 0. The second-order valence-electron chi connectivity index (χ2n) is 6.02. The van der Waals surface area contributed by atoms with Gasteiger partial charge in [0, 0.05) is 11.7 Å². The van der Waals surface area contributed by atoms with Crippen LogP contribution in [0.2, 0.25) is 0 Å². The van der Waals surface area contributed by atoms with Gasteiger partial charge in [0.1, 0.15) is 0 Å². The molecule has 0 unspecified atom stereocenters. The van der Waals surface area contributed by atoms with E-state index in [0.29, 0.717) is 11.6 Å². The number of pyridine rings is 1. The quantitative estimate of drug-likeness (QED) is 0.875. The molecular weight excluding hydrogens is 226 g/mol. The maximum absolute atomic E-state index is 12.6. The van der Waals surface area contributed by atoms with Gasteiger partial charge >= 0.3 is 0 Å². The van der Waals surface area contributed by atoms with Crippen LogP contribution in [0.3, 0.4) is 0 Å². The van der Waals surface area contributed by atoms with E-state index in [1.165, 1.54) is 12.8 Å². The van der Waals surface area contributed by atoms with Crippen LogP contribution in [0, 0.1) is 13.8 Å². The molecule has 0 aromatic carbocycles. The number of aliphatic hydroxyl groups is 1. The highest BCUT2D eigenvalue weighted by molar-refractivity contribution is 5.30. The fraction of sp³-hybridized carbons (Fsp3) is 0.667. The molecule has 1 N–H and O–H groups in total. The lowest BCUT2D eigenvalue weighted by molar-refractivity contribution is 0.0755. The Morgan fingerprint density at radius 2 is 1.83 bits per heavy atom. The van der Waals surface area contributed by atoms with Gasteiger partial charge in [-0.25, -0.2) is 0 Å². The van der Waals surface area contributed by atoms with Gasteiger partial charge in [0.15, 0.2) is 0 Å². The van der Waals surface area contributed by atoms with E-state index in [1.54, 1.807) is 13.8 Å². The molecule has 18 heavy (non-hydrogen) atoms. The topological polar surface area (TPSA) is 42.2 Å². The van der Waals surface area contributed by atoms with Gasteiger partial charge in [-0.05, 0) is 52.2 Å². The monoisotopic (exact) mass is 249 g/mol. The molecule has 0 aliphatic heterocycles. The summed E-state index contributed by atoms with van der Waals surface area (Å²) in [6.45, 7) is 7.26. The number of aromatic nitrogens is 1. The van der Waals surface area contributed by atoms with E-state index in [9.17, 15) is 9.90 Å². The van der Waals surface area contributed by atoms with Crippen molar-refractivity contribution in [2.75, 3.05) is 0 Å². The van der Waals surface area contributed by atoms with Crippen LogP contribution in [0.15, 0.2) is 10.9 Å². The van der Waals surface area contributed by atoms with Crippen LogP contribution in [-0.4, -0.2) is 9.67 Å². The summed E-state index contributed by atoms with van der Waals surface area (Å²) in [4.78, 5) is 12.6. The third-order valence-electron chi connectivity index (χ3n) is 3.93. The molecule has 3 nitrogen and oxygen atoms in total. The summed E-state index contributed by atoms with van der Waals surface area (Å²) in [5.41, 5.74) is 1.36. The van der Waals surface area contributed by atoms with E-state index < -0.39 is 5.60 Å². The SMILES string of the molecule is Cc1cc(C)n(C2CCCC2)c(=O)c1C(C)(C)O. The molecule has 100 valence electrons. The first kappa shape index (κ1) is 13.3. The molecule has 0 radical (unpaired) electrons. The van der Waals surface area contributed by atoms with Crippen LogP contribution < -0.4 is 5.56 Å². The average Bonchev–Trinajstić information content (AvgIpc) is 2.67. The Labute approximate surface area is 108 Å². The maximum atomic E-state index is 12.6. The predicted molar refractivity (Wildman–Crippen MR) is 72.9 cm³/mol. The van der Waals surface area contributed by atoms with Crippen molar-refractivity contribution in [2.24, 2.45) is 0 Å². The second-order valence-corrected chi connectivity index (χ2v) is 6.02. The third-order valence-corrected chi connectivity index (χ3v) is 3.93. The van der Waals surface area contributed by atoms with Gasteiger partial charge in [-0.3, -0.25) is 4.79 Å². The fourth-order valence-electron chi connectivity index (χ4n) is 3.26. The average molecular weight is 249 g/mol. The van der Waals surface area contributed by atoms with Crippen molar-refractivity contribution in [2.45, 2.75) is 65.0 Å². The highest BCUT2D eigenvalue weighted by Crippen LogP contribution is 2.30. The molecule has 3 heteroatoms. The summed E-state index contributed by atoms with van der Waals surface area (Å²) in [5, 5.41) is 10.2. The van der Waals surface area contributed by atoms with Gasteiger partial charge < -0.3 is 9.67 Å². The molecule has 0 bridgehead atoms. The van der Waals surface area contributed by atoms with Crippen molar-refractivity contribution in [1.82, 2.24) is 4.57 Å². The lowest BCUT2D eigenvalue weighted by atomic mass is 9.94. The fourth-order valence-corrected chi connectivity index (χ4v) is 3.26. The van der Waals surface area contributed by atoms with Crippen molar-refractivity contribution in [1.29, 1.82) is 0 Å². The normalized spacial score (nSPS) is 17.4. The van der Waals surface area contributed by atoms with Crippen LogP contribution in [0.25, 0.3) is 0 Å². The van der Waals surface area contributed by atoms with Crippen LogP contribution in [0.4, 0.5) is 0 Å². The zero-order valence-electron chi connectivity index (χ0n) is 11.8. The number of hydrogen-bond donors (Lipinski definition) is 1. The van der Waals surface area contributed by atoms with E-state index >= 15 is 0 Å². The first-order valence-corrected chi connectivity index (χ1v) is 6.78. The maximum Gasteiger partial charge on any atom is 0.257 e. The van der Waals surface area contributed by atoms with Gasteiger partial charge in [0.2, 0.25) is 0 Å². The van der Waals surface area contributed by atoms with Gasteiger partial charge in [0.05, 0.1) is 11.2 Å². The first-order valence-electron chi connectivity index (χ1n) is 6.78. The molecule has 1 aliphatic rings. The molecule has 0 amide bonds. The molecule has 1 aromatic heterocycles. The number of rotatable bonds is 2. The third kappa shape index (κ3) is 2.24. The van der Waals surface area contributed by atoms with E-state index in [1.807, 2.05) is 24.5 Å². The molecular formula is C15H23NO2. The van der Waals surface area contributed by atoms with Crippen molar-refractivity contribution in [3.8, 4) is 0 Å². The summed E-state index contributed by atoms with van der Waals surface area (Å²) in [5.74, 6) is 0. The zero-order valence-corrected chi connectivity index (χ0v) is 11.8. The zero-order chi connectivity index (χ0) is 13.5. The van der Waals surface area contributed by atoms with E-state index in [-0.39, 0.29) is 5.56 Å². The van der Waals surface area contributed by atoms with Crippen LogP contribution in [0.1, 0.15) is 62.4 Å². The van der Waals surface area contributed by atoms with Gasteiger partial charge in [-0.2, -0.15) is 0 Å². The van der Waals surface area contributed by atoms with Gasteiger partial charge in [-0.1, -0.05) is 12.8 Å². The number of nitrogens with zero attached hydrogens (tertiary/aromatic N) is 1. The first-order chi connectivity index (χ1) is 8.32. The lowest BCUT2D eigenvalue weighted by Gasteiger charge is -2.25. The Balaban J connectivity index is 2.64. The second kappa shape index (κ2) is 4.54. The van der Waals surface area contributed by atoms with E-state index in [2.05, 4.69) is 0 Å². The highest BCUT2D eigenvalue weighted by Gasteiger charge is 2.27. The van der Waals surface area contributed by atoms with Crippen molar-refractivity contribution in [3.63, 3.8) is 0 Å². The van der Waals surface area contributed by atoms with Gasteiger partial charge in [-0.15, -0.1) is 0 Å². The predicted octanol–water partition coefficient (Wildman–Crippen LogP) is 2.81. The molecule has 0 saturated heterocycles. The summed E-state index contributed by atoms with van der Waals surface area (Å²) in [6.07, 6.45) is 4.55. The number of hydrogen-bond acceptors (Lipinski definition) is 2. The summed E-state index contributed by atoms with van der Waals surface area (Å²) < 4.78 is 1.90. The Kier molecular flexibility index (Phi) is 3.37. The van der Waals surface area contributed by atoms with E-state index in [4.69, 9.17) is 0 Å². The molecule has 0 atom stereocenters. The molecule has 0 spiro atoms. The Bertz CT molecular complexity index is 502. The molecule has 1 fully saturated rings. The molecule has 1 aliphatic carbocycles. The molecule has 1 aromatic rings. The minimum absolute atomic E-state index is 0.00750. The Morgan fingerprint density at radius 1 is 1.28 bits per heavy atom. The minimum atomic E-state index is -1.07. The van der Waals surface area contributed by atoms with Crippen molar-refractivity contribution < 1.29 is 5.11 Å². The Morgan fingerprint density at radius 3 is 2.33 bits per heavy atom. The molecule has 1 saturated carbocycles. The van der Waals surface area contributed by atoms with Crippen LogP contribution >= 0.6 is 0 Å². The summed E-state index contributed by atoms with van der Waals surface area (Å²) in [6, 6.07) is 2.34.